The molecule has 0 unspecified atom stereocenters. The van der Waals surface area contributed by atoms with Gasteiger partial charge in [0.15, 0.2) is 0 Å². The molecule has 0 aromatic heterocycles. The van der Waals surface area contributed by atoms with Gasteiger partial charge in [-0.05, 0) is 103 Å². The molecular formula is C44H26O3. The van der Waals surface area contributed by atoms with E-state index < -0.39 is 11.6 Å². The van der Waals surface area contributed by atoms with Crippen molar-refractivity contribution in [2.24, 2.45) is 0 Å². The third kappa shape index (κ3) is 8.41. The van der Waals surface area contributed by atoms with Crippen molar-refractivity contribution >= 4 is 11.6 Å². The molecule has 6 aromatic carbocycles. The molecule has 6 rings (SSSR count). The minimum Gasteiger partial charge on any atom is -0.457 e. The Labute approximate surface area is 274 Å². The zero-order chi connectivity index (χ0) is 32.3. The average molecular weight is 603 g/mol. The second kappa shape index (κ2) is 14.7. The highest BCUT2D eigenvalue weighted by Crippen LogP contribution is 2.23. The molecule has 6 aromatic rings. The number of ether oxygens (including phenoxy) is 1. The molecule has 47 heavy (non-hydrogen) atoms. The van der Waals surface area contributed by atoms with E-state index in [2.05, 4.69) is 35.5 Å². The molecule has 0 fully saturated rings. The van der Waals surface area contributed by atoms with Crippen molar-refractivity contribution in [3.8, 4) is 47.0 Å². The summed E-state index contributed by atoms with van der Waals surface area (Å²) in [4.78, 5) is 26.8. The zero-order valence-corrected chi connectivity index (χ0v) is 25.2. The molecule has 0 radical (unpaired) electrons. The molecule has 0 saturated heterocycles. The Hall–Kier alpha value is -6.86. The smallest absolute Gasteiger partial charge is 0.233 e. The summed E-state index contributed by atoms with van der Waals surface area (Å²) in [6.45, 7) is 0. The number of hydrogen-bond donors (Lipinski definition) is 0. The summed E-state index contributed by atoms with van der Waals surface area (Å²) < 4.78 is 5.96. The molecule has 0 amide bonds. The minimum absolute atomic E-state index is 0.225. The number of carbonyl (C=O) groups is 2. The van der Waals surface area contributed by atoms with Gasteiger partial charge < -0.3 is 4.74 Å². The molecule has 0 heterocycles. The monoisotopic (exact) mass is 602 g/mol. The van der Waals surface area contributed by atoms with Crippen molar-refractivity contribution in [2.45, 2.75) is 0 Å². The van der Waals surface area contributed by atoms with Crippen LogP contribution >= 0.6 is 0 Å². The third-order valence-corrected chi connectivity index (χ3v) is 6.98. The molecule has 0 spiro atoms. The molecule has 0 aliphatic carbocycles. The van der Waals surface area contributed by atoms with Crippen LogP contribution in [0.4, 0.5) is 0 Å². The normalized spacial score (nSPS) is 9.79. The molecule has 3 nitrogen and oxygen atoms in total. The SMILES string of the molecule is O=C(C(=O)c1cc(C#Cc2ccccc2)cc(C#Cc2ccccc2)c1)c1ccc(Oc2ccc(C#Cc3ccccc3)cc2)cc1. The summed E-state index contributed by atoms with van der Waals surface area (Å²) in [6, 6.07) is 48.0. The number of carbonyl (C=O) groups excluding carboxylic acids is 2. The molecule has 0 aliphatic rings. The van der Waals surface area contributed by atoms with E-state index in [0.717, 1.165) is 22.3 Å². The van der Waals surface area contributed by atoms with E-state index in [-0.39, 0.29) is 11.1 Å². The van der Waals surface area contributed by atoms with Crippen molar-refractivity contribution in [3.05, 3.63) is 202 Å². The molecule has 0 N–H and O–H groups in total. The van der Waals surface area contributed by atoms with Gasteiger partial charge in [0.25, 0.3) is 0 Å². The first kappa shape index (κ1) is 30.2. The highest BCUT2D eigenvalue weighted by atomic mass is 16.5. The van der Waals surface area contributed by atoms with Gasteiger partial charge in [-0.25, -0.2) is 0 Å². The Bertz CT molecular complexity index is 2140. The van der Waals surface area contributed by atoms with Crippen molar-refractivity contribution in [3.63, 3.8) is 0 Å². The number of ketones is 2. The predicted molar refractivity (Wildman–Crippen MR) is 185 cm³/mol. The van der Waals surface area contributed by atoms with Gasteiger partial charge in [0.1, 0.15) is 11.5 Å². The van der Waals surface area contributed by atoms with Gasteiger partial charge in [-0.15, -0.1) is 0 Å². The van der Waals surface area contributed by atoms with Crippen LogP contribution in [0.1, 0.15) is 54.1 Å². The van der Waals surface area contributed by atoms with Crippen molar-refractivity contribution in [1.82, 2.24) is 0 Å². The fourth-order valence-electron chi connectivity index (χ4n) is 4.58. The summed E-state index contributed by atoms with van der Waals surface area (Å²) in [7, 11) is 0. The molecule has 0 bridgehead atoms. The molecule has 0 saturated carbocycles. The van der Waals surface area contributed by atoms with Crippen LogP contribution < -0.4 is 4.74 Å². The fraction of sp³-hybridized carbons (Fsp3) is 0. The van der Waals surface area contributed by atoms with Gasteiger partial charge in [-0.3, -0.25) is 9.59 Å². The van der Waals surface area contributed by atoms with Gasteiger partial charge in [0, 0.05) is 44.5 Å². The third-order valence-electron chi connectivity index (χ3n) is 6.98. The van der Waals surface area contributed by atoms with Gasteiger partial charge in [0.05, 0.1) is 0 Å². The lowest BCUT2D eigenvalue weighted by atomic mass is 9.97. The van der Waals surface area contributed by atoms with Gasteiger partial charge in [-0.2, -0.15) is 0 Å². The summed E-state index contributed by atoms with van der Waals surface area (Å²) >= 11 is 0. The van der Waals surface area contributed by atoms with E-state index >= 15 is 0 Å². The highest BCUT2D eigenvalue weighted by Gasteiger charge is 2.19. The standard InChI is InChI=1S/C44H26O3/c45-43(39-24-28-42(29-25-39)47-41-26-22-36(23-27-41)17-16-33-10-4-1-5-11-33)44(46)40-31-37(20-18-34-12-6-2-7-13-34)30-38(32-40)21-19-35-14-8-3-9-15-35/h1-15,22-32H. The first-order valence-electron chi connectivity index (χ1n) is 14.9. The Morgan fingerprint density at radius 2 is 0.681 bits per heavy atom. The number of Topliss-reactive ketones (excluding diaryl/α,β-unsaturated/α-hetero) is 2. The Kier molecular flexibility index (Phi) is 9.47. The lowest BCUT2D eigenvalue weighted by Gasteiger charge is -2.07. The van der Waals surface area contributed by atoms with E-state index in [1.165, 1.54) is 0 Å². The Morgan fingerprint density at radius 3 is 1.11 bits per heavy atom. The zero-order valence-electron chi connectivity index (χ0n) is 25.2. The summed E-state index contributed by atoms with van der Waals surface area (Å²) in [5.74, 6) is 18.6. The van der Waals surface area contributed by atoms with Gasteiger partial charge in [0.2, 0.25) is 11.6 Å². The Morgan fingerprint density at radius 1 is 0.340 bits per heavy atom. The van der Waals surface area contributed by atoms with Crippen LogP contribution in [-0.4, -0.2) is 11.6 Å². The maximum Gasteiger partial charge on any atom is 0.233 e. The quantitative estimate of drug-likeness (QED) is 0.113. The van der Waals surface area contributed by atoms with E-state index in [1.807, 2.05) is 121 Å². The van der Waals surface area contributed by atoms with Crippen LogP contribution in [0.25, 0.3) is 0 Å². The van der Waals surface area contributed by atoms with Crippen molar-refractivity contribution in [1.29, 1.82) is 0 Å². The van der Waals surface area contributed by atoms with Gasteiger partial charge in [-0.1, -0.05) is 90.1 Å². The van der Waals surface area contributed by atoms with Gasteiger partial charge >= 0.3 is 0 Å². The second-order valence-electron chi connectivity index (χ2n) is 10.5. The van der Waals surface area contributed by atoms with Crippen LogP contribution in [-0.2, 0) is 0 Å². The average Bonchev–Trinajstić information content (AvgIpc) is 3.14. The van der Waals surface area contributed by atoms with Crippen LogP contribution in [0, 0.1) is 35.5 Å². The fourth-order valence-corrected chi connectivity index (χ4v) is 4.58. The van der Waals surface area contributed by atoms with Crippen LogP contribution in [0.2, 0.25) is 0 Å². The molecule has 3 heteroatoms. The lowest BCUT2D eigenvalue weighted by molar-refractivity contribution is 0.0817. The maximum absolute atomic E-state index is 13.5. The molecule has 0 atom stereocenters. The summed E-state index contributed by atoms with van der Waals surface area (Å²) in [6.07, 6.45) is 0. The molecular weight excluding hydrogens is 576 g/mol. The largest absolute Gasteiger partial charge is 0.457 e. The van der Waals surface area contributed by atoms with E-state index in [4.69, 9.17) is 4.74 Å². The van der Waals surface area contributed by atoms with E-state index in [1.54, 1.807) is 36.4 Å². The second-order valence-corrected chi connectivity index (χ2v) is 10.5. The summed E-state index contributed by atoms with van der Waals surface area (Å²) in [5, 5.41) is 0. The first-order valence-corrected chi connectivity index (χ1v) is 14.9. The first-order chi connectivity index (χ1) is 23.1. The van der Waals surface area contributed by atoms with Crippen LogP contribution in [0.3, 0.4) is 0 Å². The van der Waals surface area contributed by atoms with E-state index in [0.29, 0.717) is 22.6 Å². The molecule has 220 valence electrons. The molecule has 0 aliphatic heterocycles. The van der Waals surface area contributed by atoms with Crippen molar-refractivity contribution in [2.75, 3.05) is 0 Å². The number of rotatable bonds is 5. The Balaban J connectivity index is 1.18. The maximum atomic E-state index is 13.5. The minimum atomic E-state index is -0.642. The predicted octanol–water partition coefficient (Wildman–Crippen LogP) is 8.74. The van der Waals surface area contributed by atoms with Crippen LogP contribution in [0.5, 0.6) is 11.5 Å². The lowest BCUT2D eigenvalue weighted by Crippen LogP contribution is -2.15. The number of benzene rings is 6. The summed E-state index contributed by atoms with van der Waals surface area (Å²) in [5.41, 5.74) is 5.15. The highest BCUT2D eigenvalue weighted by molar-refractivity contribution is 6.49. The number of hydrogen-bond acceptors (Lipinski definition) is 3. The topological polar surface area (TPSA) is 43.4 Å². The van der Waals surface area contributed by atoms with E-state index in [9.17, 15) is 9.59 Å². The van der Waals surface area contributed by atoms with Crippen molar-refractivity contribution < 1.29 is 14.3 Å². The van der Waals surface area contributed by atoms with Crippen LogP contribution in [0.15, 0.2) is 158 Å².